The molecule has 0 bridgehead atoms. The molecule has 2 rings (SSSR count). The Balaban J connectivity index is 2.29. The number of rotatable bonds is 6. The van der Waals surface area contributed by atoms with Crippen LogP contribution in [0.25, 0.3) is 0 Å². The quantitative estimate of drug-likeness (QED) is 0.629. The maximum Gasteiger partial charge on any atom is 0.351 e. The minimum atomic E-state index is -0.660. The second-order valence-corrected chi connectivity index (χ2v) is 4.27. The summed E-state index contributed by atoms with van der Waals surface area (Å²) in [7, 11) is 0. The molecule has 0 aliphatic rings. The standard InChI is InChI=1S/C13H15N5O4/c1-2-7-22-17(13(19)16-12-8-14-9-15-12)10-5-3-4-6-11(10)18(20)21/h3-6,8-9H,2,7H2,1H3,(H,14,15)(H,16,19). The van der Waals surface area contributed by atoms with Gasteiger partial charge in [-0.25, -0.2) is 9.78 Å². The van der Waals surface area contributed by atoms with Gasteiger partial charge >= 0.3 is 6.03 Å². The number of hydroxylamine groups is 1. The van der Waals surface area contributed by atoms with E-state index >= 15 is 0 Å². The molecule has 9 nitrogen and oxygen atoms in total. The van der Waals surface area contributed by atoms with Crippen molar-refractivity contribution < 1.29 is 14.6 Å². The molecule has 9 heteroatoms. The van der Waals surface area contributed by atoms with E-state index in [1.165, 1.54) is 30.7 Å². The third-order valence-corrected chi connectivity index (χ3v) is 2.65. The van der Waals surface area contributed by atoms with Crippen molar-refractivity contribution in [3.63, 3.8) is 0 Å². The van der Waals surface area contributed by atoms with E-state index in [9.17, 15) is 14.9 Å². The SMILES string of the molecule is CCCON(C(=O)Nc1cnc[nH]1)c1ccccc1[N+](=O)[O-]. The van der Waals surface area contributed by atoms with E-state index in [0.29, 0.717) is 12.2 Å². The summed E-state index contributed by atoms with van der Waals surface area (Å²) >= 11 is 0. The molecule has 0 spiro atoms. The number of imidazole rings is 1. The second-order valence-electron chi connectivity index (χ2n) is 4.27. The first-order chi connectivity index (χ1) is 10.6. The first-order valence-corrected chi connectivity index (χ1v) is 6.59. The monoisotopic (exact) mass is 305 g/mol. The van der Waals surface area contributed by atoms with Gasteiger partial charge in [-0.15, -0.1) is 0 Å². The fraction of sp³-hybridized carbons (Fsp3) is 0.231. The maximum absolute atomic E-state index is 12.3. The molecule has 0 radical (unpaired) electrons. The Labute approximate surface area is 126 Å². The first-order valence-electron chi connectivity index (χ1n) is 6.59. The van der Waals surface area contributed by atoms with Crippen molar-refractivity contribution in [2.75, 3.05) is 17.0 Å². The largest absolute Gasteiger partial charge is 0.351 e. The molecular formula is C13H15N5O4. The summed E-state index contributed by atoms with van der Waals surface area (Å²) in [5.41, 5.74) is -0.170. The number of aromatic amines is 1. The summed E-state index contributed by atoms with van der Waals surface area (Å²) < 4.78 is 0. The van der Waals surface area contributed by atoms with Crippen LogP contribution in [0.4, 0.5) is 22.0 Å². The second kappa shape index (κ2) is 7.18. The van der Waals surface area contributed by atoms with Gasteiger partial charge in [-0.2, -0.15) is 5.06 Å². The first kappa shape index (κ1) is 15.4. The fourth-order valence-electron chi connectivity index (χ4n) is 1.70. The highest BCUT2D eigenvalue weighted by Crippen LogP contribution is 2.28. The van der Waals surface area contributed by atoms with E-state index in [0.717, 1.165) is 5.06 Å². The van der Waals surface area contributed by atoms with Crippen LogP contribution >= 0.6 is 0 Å². The van der Waals surface area contributed by atoms with Crippen LogP contribution in [0.2, 0.25) is 0 Å². The number of carbonyl (C=O) groups excluding carboxylic acids is 1. The molecule has 0 fully saturated rings. The van der Waals surface area contributed by atoms with E-state index in [4.69, 9.17) is 4.84 Å². The Hall–Kier alpha value is -2.94. The van der Waals surface area contributed by atoms with Crippen molar-refractivity contribution in [1.82, 2.24) is 9.97 Å². The zero-order valence-corrected chi connectivity index (χ0v) is 11.9. The lowest BCUT2D eigenvalue weighted by Crippen LogP contribution is -2.36. The molecule has 0 atom stereocenters. The number of amides is 2. The van der Waals surface area contributed by atoms with Gasteiger partial charge in [-0.1, -0.05) is 19.1 Å². The molecule has 1 aromatic carbocycles. The van der Waals surface area contributed by atoms with Crippen LogP contribution in [0.1, 0.15) is 13.3 Å². The number of urea groups is 1. The van der Waals surface area contributed by atoms with Gasteiger partial charge in [0.15, 0.2) is 5.69 Å². The van der Waals surface area contributed by atoms with Crippen LogP contribution in [0.3, 0.4) is 0 Å². The van der Waals surface area contributed by atoms with Gasteiger partial charge in [0.1, 0.15) is 5.82 Å². The van der Waals surface area contributed by atoms with Gasteiger partial charge < -0.3 is 4.98 Å². The van der Waals surface area contributed by atoms with E-state index in [1.54, 1.807) is 6.07 Å². The van der Waals surface area contributed by atoms with Crippen LogP contribution in [-0.4, -0.2) is 27.5 Å². The molecule has 0 unspecified atom stereocenters. The zero-order chi connectivity index (χ0) is 15.9. The summed E-state index contributed by atoms with van der Waals surface area (Å²) in [6.45, 7) is 2.10. The van der Waals surface area contributed by atoms with Crippen LogP contribution < -0.4 is 10.4 Å². The molecular weight excluding hydrogens is 290 g/mol. The predicted molar refractivity (Wildman–Crippen MR) is 79.4 cm³/mol. The Morgan fingerprint density at radius 3 is 2.91 bits per heavy atom. The topological polar surface area (TPSA) is 113 Å². The number of nitro groups is 1. The van der Waals surface area contributed by atoms with Crippen molar-refractivity contribution >= 4 is 23.2 Å². The average molecular weight is 305 g/mol. The average Bonchev–Trinajstić information content (AvgIpc) is 3.01. The molecule has 1 heterocycles. The van der Waals surface area contributed by atoms with Crippen molar-refractivity contribution in [1.29, 1.82) is 0 Å². The third kappa shape index (κ3) is 3.58. The number of nitrogens with zero attached hydrogens (tertiary/aromatic N) is 3. The van der Waals surface area contributed by atoms with Crippen molar-refractivity contribution in [2.45, 2.75) is 13.3 Å². The number of nitro benzene ring substituents is 1. The van der Waals surface area contributed by atoms with E-state index in [1.807, 2.05) is 6.92 Å². The molecule has 116 valence electrons. The van der Waals surface area contributed by atoms with Crippen LogP contribution in [0, 0.1) is 10.1 Å². The summed E-state index contributed by atoms with van der Waals surface area (Å²) in [5, 5.41) is 14.5. The molecule has 1 aromatic heterocycles. The van der Waals surface area contributed by atoms with Crippen molar-refractivity contribution in [2.24, 2.45) is 0 Å². The predicted octanol–water partition coefficient (Wildman–Crippen LogP) is 2.70. The summed E-state index contributed by atoms with van der Waals surface area (Å²) in [6, 6.07) is 5.20. The molecule has 2 amide bonds. The highest BCUT2D eigenvalue weighted by Gasteiger charge is 2.25. The maximum atomic E-state index is 12.3. The van der Waals surface area contributed by atoms with Crippen LogP contribution in [-0.2, 0) is 4.84 Å². The highest BCUT2D eigenvalue weighted by molar-refractivity contribution is 6.01. The molecule has 2 N–H and O–H groups in total. The van der Waals surface area contributed by atoms with Crippen molar-refractivity contribution in [3.8, 4) is 0 Å². The molecule has 0 aliphatic heterocycles. The Bertz CT molecular complexity index is 644. The summed E-state index contributed by atoms with van der Waals surface area (Å²) in [6.07, 6.45) is 3.46. The summed E-state index contributed by atoms with van der Waals surface area (Å²) in [4.78, 5) is 34.7. The number of para-hydroxylation sites is 2. The smallest absolute Gasteiger partial charge is 0.331 e. The van der Waals surface area contributed by atoms with Crippen LogP contribution in [0.15, 0.2) is 36.8 Å². The van der Waals surface area contributed by atoms with Gasteiger partial charge in [0.2, 0.25) is 0 Å². The van der Waals surface area contributed by atoms with Gasteiger partial charge in [0.25, 0.3) is 5.69 Å². The molecule has 0 saturated carbocycles. The fourth-order valence-corrected chi connectivity index (χ4v) is 1.70. The molecule has 2 aromatic rings. The molecule has 0 aliphatic carbocycles. The number of benzene rings is 1. The Morgan fingerprint density at radius 1 is 1.50 bits per heavy atom. The van der Waals surface area contributed by atoms with E-state index in [2.05, 4.69) is 15.3 Å². The number of H-pyrrole nitrogens is 1. The van der Waals surface area contributed by atoms with E-state index in [-0.39, 0.29) is 18.0 Å². The number of nitrogens with one attached hydrogen (secondary N) is 2. The molecule has 22 heavy (non-hydrogen) atoms. The normalized spacial score (nSPS) is 10.2. The van der Waals surface area contributed by atoms with Crippen molar-refractivity contribution in [3.05, 3.63) is 46.9 Å². The lowest BCUT2D eigenvalue weighted by Gasteiger charge is -2.21. The van der Waals surface area contributed by atoms with Gasteiger partial charge in [-0.3, -0.25) is 20.3 Å². The minimum Gasteiger partial charge on any atom is -0.331 e. The number of hydrogen-bond donors (Lipinski definition) is 2. The Morgan fingerprint density at radius 2 is 2.27 bits per heavy atom. The lowest BCUT2D eigenvalue weighted by atomic mass is 10.2. The van der Waals surface area contributed by atoms with Gasteiger partial charge in [-0.05, 0) is 12.5 Å². The molecule has 0 saturated heterocycles. The van der Waals surface area contributed by atoms with Crippen LogP contribution in [0.5, 0.6) is 0 Å². The highest BCUT2D eigenvalue weighted by atomic mass is 16.7. The van der Waals surface area contributed by atoms with Gasteiger partial charge in [0.05, 0.1) is 24.1 Å². The number of aromatic nitrogens is 2. The number of anilines is 2. The Kier molecular flexibility index (Phi) is 5.04. The number of hydrogen-bond acceptors (Lipinski definition) is 5. The lowest BCUT2D eigenvalue weighted by molar-refractivity contribution is -0.384. The zero-order valence-electron chi connectivity index (χ0n) is 11.9. The third-order valence-electron chi connectivity index (χ3n) is 2.65. The summed E-state index contributed by atoms with van der Waals surface area (Å²) in [5.74, 6) is 0.355. The minimum absolute atomic E-state index is 0.0537. The van der Waals surface area contributed by atoms with Gasteiger partial charge in [0, 0.05) is 6.07 Å². The number of carbonyl (C=O) groups is 1. The van der Waals surface area contributed by atoms with E-state index < -0.39 is 11.0 Å².